The van der Waals surface area contributed by atoms with Crippen LogP contribution in [0.1, 0.15) is 12.0 Å². The molecule has 2 aromatic heterocycles. The van der Waals surface area contributed by atoms with Crippen LogP contribution in [-0.4, -0.2) is 58.8 Å². The van der Waals surface area contributed by atoms with Gasteiger partial charge in [-0.1, -0.05) is 22.9 Å². The SMILES string of the molecule is C=C.O=C(Nc1nc2ccc(Cl)cc2s1)N1CCN(c2ncc(CCCO)cc2F)CC1. The molecule has 1 saturated heterocycles. The fraction of sp³-hybridized carbons (Fsp3) is 0.318. The minimum absolute atomic E-state index is 0.0676. The summed E-state index contributed by atoms with van der Waals surface area (Å²) in [5.41, 5.74) is 1.55. The number of aromatic nitrogens is 2. The van der Waals surface area contributed by atoms with Gasteiger partial charge in [0, 0.05) is 44.0 Å². The number of aliphatic hydroxyl groups is 1. The highest BCUT2D eigenvalue weighted by Gasteiger charge is 2.24. The number of piperazine rings is 1. The van der Waals surface area contributed by atoms with Gasteiger partial charge in [-0.25, -0.2) is 19.2 Å². The molecule has 32 heavy (non-hydrogen) atoms. The quantitative estimate of drug-likeness (QED) is 0.526. The summed E-state index contributed by atoms with van der Waals surface area (Å²) in [5, 5.41) is 12.9. The Morgan fingerprint density at radius 2 is 2.00 bits per heavy atom. The summed E-state index contributed by atoms with van der Waals surface area (Å²) >= 11 is 7.37. The van der Waals surface area contributed by atoms with Gasteiger partial charge >= 0.3 is 6.03 Å². The van der Waals surface area contributed by atoms with Crippen molar-refractivity contribution in [1.29, 1.82) is 0 Å². The fourth-order valence-corrected chi connectivity index (χ4v) is 4.50. The molecule has 0 bridgehead atoms. The van der Waals surface area contributed by atoms with Crippen molar-refractivity contribution in [3.63, 3.8) is 0 Å². The van der Waals surface area contributed by atoms with Crippen LogP contribution in [0.25, 0.3) is 10.2 Å². The van der Waals surface area contributed by atoms with E-state index in [4.69, 9.17) is 16.7 Å². The average molecular weight is 478 g/mol. The average Bonchev–Trinajstić information content (AvgIpc) is 3.20. The van der Waals surface area contributed by atoms with E-state index in [-0.39, 0.29) is 18.5 Å². The summed E-state index contributed by atoms with van der Waals surface area (Å²) in [4.78, 5) is 24.8. The fourth-order valence-electron chi connectivity index (χ4n) is 3.37. The number of aryl methyl sites for hydroxylation is 1. The summed E-state index contributed by atoms with van der Waals surface area (Å²) in [7, 11) is 0. The van der Waals surface area contributed by atoms with E-state index in [0.29, 0.717) is 55.0 Å². The zero-order valence-corrected chi connectivity index (χ0v) is 19.1. The first kappa shape index (κ1) is 23.9. The van der Waals surface area contributed by atoms with Crippen molar-refractivity contribution < 1.29 is 14.3 Å². The first-order valence-electron chi connectivity index (χ1n) is 10.2. The monoisotopic (exact) mass is 477 g/mol. The molecule has 1 fully saturated rings. The van der Waals surface area contributed by atoms with E-state index in [9.17, 15) is 9.18 Å². The molecule has 0 unspecified atom stereocenters. The maximum atomic E-state index is 14.5. The number of carbonyl (C=O) groups is 1. The summed E-state index contributed by atoms with van der Waals surface area (Å²) in [5.74, 6) is -0.0812. The lowest BCUT2D eigenvalue weighted by atomic mass is 10.1. The number of aliphatic hydroxyl groups excluding tert-OH is 1. The molecular weight excluding hydrogens is 453 g/mol. The molecule has 170 valence electrons. The number of nitrogens with zero attached hydrogens (tertiary/aromatic N) is 4. The van der Waals surface area contributed by atoms with E-state index >= 15 is 0 Å². The lowest BCUT2D eigenvalue weighted by Gasteiger charge is -2.35. The van der Waals surface area contributed by atoms with Gasteiger partial charge in [0.05, 0.1) is 10.2 Å². The Morgan fingerprint density at radius 1 is 1.25 bits per heavy atom. The number of benzene rings is 1. The predicted molar refractivity (Wildman–Crippen MR) is 128 cm³/mol. The third-order valence-corrected chi connectivity index (χ3v) is 6.10. The van der Waals surface area contributed by atoms with Gasteiger partial charge in [0.1, 0.15) is 0 Å². The molecule has 2 amide bonds. The Bertz CT molecular complexity index is 1070. The van der Waals surface area contributed by atoms with Gasteiger partial charge in [0.2, 0.25) is 0 Å². The molecule has 0 radical (unpaired) electrons. The van der Waals surface area contributed by atoms with Crippen molar-refractivity contribution in [2.75, 3.05) is 43.0 Å². The standard InChI is InChI=1S/C20H21ClFN5O2S.C2H4/c21-14-3-4-16-17(11-14)30-19(24-16)25-20(29)27-7-5-26(6-8-27)18-15(22)10-13(12-23-18)2-1-9-28;1-2/h3-4,10-12,28H,1-2,5-9H2,(H,24,25,29);1-2H2. The third kappa shape index (κ3) is 5.73. The Kier molecular flexibility index (Phi) is 8.38. The van der Waals surface area contributed by atoms with Crippen molar-refractivity contribution >= 4 is 50.1 Å². The van der Waals surface area contributed by atoms with Crippen LogP contribution in [0.2, 0.25) is 5.02 Å². The van der Waals surface area contributed by atoms with Gasteiger partial charge in [-0.2, -0.15) is 0 Å². The molecule has 1 aromatic carbocycles. The molecule has 3 aromatic rings. The second kappa shape index (κ2) is 11.2. The van der Waals surface area contributed by atoms with Gasteiger partial charge in [-0.3, -0.25) is 5.32 Å². The maximum absolute atomic E-state index is 14.5. The van der Waals surface area contributed by atoms with Crippen molar-refractivity contribution in [3.05, 3.63) is 60.0 Å². The number of fused-ring (bicyclic) bond motifs is 1. The predicted octanol–water partition coefficient (Wildman–Crippen LogP) is 4.57. The van der Waals surface area contributed by atoms with Crippen molar-refractivity contribution in [3.8, 4) is 0 Å². The number of rotatable bonds is 5. The molecular formula is C22H25ClFN5O2S. The third-order valence-electron chi connectivity index (χ3n) is 4.93. The number of halogens is 2. The molecule has 0 saturated carbocycles. The summed E-state index contributed by atoms with van der Waals surface area (Å²) < 4.78 is 15.4. The molecule has 1 aliphatic rings. The van der Waals surface area contributed by atoms with Crippen molar-refractivity contribution in [2.45, 2.75) is 12.8 Å². The highest BCUT2D eigenvalue weighted by Crippen LogP contribution is 2.28. The number of carbonyl (C=O) groups excluding carboxylic acids is 1. The van der Waals surface area contributed by atoms with Crippen molar-refractivity contribution in [2.24, 2.45) is 0 Å². The van der Waals surface area contributed by atoms with Crippen LogP contribution in [0.4, 0.5) is 20.1 Å². The lowest BCUT2D eigenvalue weighted by molar-refractivity contribution is 0.208. The molecule has 0 aliphatic carbocycles. The normalized spacial score (nSPS) is 13.6. The van der Waals surface area contributed by atoms with Crippen LogP contribution in [0.5, 0.6) is 0 Å². The number of urea groups is 1. The summed E-state index contributed by atoms with van der Waals surface area (Å²) in [6.07, 6.45) is 2.81. The smallest absolute Gasteiger partial charge is 0.323 e. The van der Waals surface area contributed by atoms with Crippen LogP contribution in [0.3, 0.4) is 0 Å². The van der Waals surface area contributed by atoms with Gasteiger partial charge in [-0.15, -0.1) is 13.2 Å². The van der Waals surface area contributed by atoms with Crippen molar-refractivity contribution in [1.82, 2.24) is 14.9 Å². The summed E-state index contributed by atoms with van der Waals surface area (Å²) in [6.45, 7) is 7.95. The molecule has 10 heteroatoms. The minimum atomic E-state index is -0.378. The van der Waals surface area contributed by atoms with Crippen LogP contribution in [0, 0.1) is 5.82 Å². The largest absolute Gasteiger partial charge is 0.396 e. The second-order valence-electron chi connectivity index (χ2n) is 7.01. The molecule has 2 N–H and O–H groups in total. The van der Waals surface area contributed by atoms with Gasteiger partial charge < -0.3 is 14.9 Å². The minimum Gasteiger partial charge on any atom is -0.396 e. The van der Waals surface area contributed by atoms with E-state index < -0.39 is 0 Å². The molecule has 0 atom stereocenters. The highest BCUT2D eigenvalue weighted by atomic mass is 35.5. The van der Waals surface area contributed by atoms with E-state index in [2.05, 4.69) is 28.4 Å². The second-order valence-corrected chi connectivity index (χ2v) is 8.48. The van der Waals surface area contributed by atoms with E-state index in [1.165, 1.54) is 17.4 Å². The number of thiazole rings is 1. The van der Waals surface area contributed by atoms with Crippen LogP contribution < -0.4 is 10.2 Å². The van der Waals surface area contributed by atoms with Gasteiger partial charge in [0.25, 0.3) is 0 Å². The van der Waals surface area contributed by atoms with Gasteiger partial charge in [-0.05, 0) is 42.7 Å². The summed E-state index contributed by atoms with van der Waals surface area (Å²) in [6, 6.07) is 6.64. The highest BCUT2D eigenvalue weighted by molar-refractivity contribution is 7.22. The zero-order valence-electron chi connectivity index (χ0n) is 17.6. The Labute approximate surface area is 195 Å². The number of amides is 2. The van der Waals surface area contributed by atoms with Crippen LogP contribution >= 0.6 is 22.9 Å². The number of anilines is 2. The Balaban J connectivity index is 0.00000141. The number of hydrogen-bond donors (Lipinski definition) is 2. The van der Waals surface area contributed by atoms with Gasteiger partial charge in [0.15, 0.2) is 16.8 Å². The topological polar surface area (TPSA) is 81.6 Å². The Hall–Kier alpha value is -2.75. The number of nitrogens with one attached hydrogen (secondary N) is 1. The number of pyridine rings is 1. The Morgan fingerprint density at radius 3 is 2.69 bits per heavy atom. The molecule has 4 rings (SSSR count). The van der Waals surface area contributed by atoms with Crippen LogP contribution in [-0.2, 0) is 6.42 Å². The number of hydrogen-bond acceptors (Lipinski definition) is 6. The van der Waals surface area contributed by atoms with Crippen LogP contribution in [0.15, 0.2) is 43.6 Å². The molecule has 3 heterocycles. The molecule has 0 spiro atoms. The van der Waals surface area contributed by atoms with E-state index in [0.717, 1.165) is 15.8 Å². The lowest BCUT2D eigenvalue weighted by Crippen LogP contribution is -2.50. The molecule has 1 aliphatic heterocycles. The molecule has 7 nitrogen and oxygen atoms in total. The van der Waals surface area contributed by atoms with E-state index in [1.54, 1.807) is 17.2 Å². The first-order valence-corrected chi connectivity index (χ1v) is 11.3. The first-order chi connectivity index (χ1) is 15.5. The van der Waals surface area contributed by atoms with E-state index in [1.807, 2.05) is 17.0 Å². The zero-order chi connectivity index (χ0) is 23.1. The maximum Gasteiger partial charge on any atom is 0.323 e.